The van der Waals surface area contributed by atoms with Crippen molar-refractivity contribution in [3.63, 3.8) is 0 Å². The number of nitrogens with zero attached hydrogens (tertiary/aromatic N) is 1. The molecule has 2 rings (SSSR count). The second-order valence-electron chi connectivity index (χ2n) is 5.41. The van der Waals surface area contributed by atoms with Crippen LogP contribution in [0.2, 0.25) is 5.02 Å². The van der Waals surface area contributed by atoms with E-state index in [-0.39, 0.29) is 0 Å². The molecule has 1 atom stereocenters. The quantitative estimate of drug-likeness (QED) is 0.394. The lowest BCUT2D eigenvalue weighted by Crippen LogP contribution is -2.24. The SMILES string of the molecule is Cc1c(Cl)cccc1NC(=S)N/N=C/c1cccc(OC(C)C(=O)O)c1. The number of carboxylic acid groups (broad SMARTS) is 1. The highest BCUT2D eigenvalue weighted by Gasteiger charge is 2.12. The fourth-order valence-corrected chi connectivity index (χ4v) is 2.32. The number of thiocarbonyl (C=S) groups is 1. The molecule has 0 aliphatic rings. The highest BCUT2D eigenvalue weighted by Crippen LogP contribution is 2.22. The zero-order chi connectivity index (χ0) is 19.1. The number of rotatable bonds is 6. The molecule has 2 aromatic rings. The Kier molecular flexibility index (Phi) is 6.94. The largest absolute Gasteiger partial charge is 0.479 e. The van der Waals surface area contributed by atoms with Crippen LogP contribution in [0.25, 0.3) is 0 Å². The molecule has 8 heteroatoms. The van der Waals surface area contributed by atoms with Crippen molar-refractivity contribution in [2.24, 2.45) is 5.10 Å². The number of halogens is 1. The van der Waals surface area contributed by atoms with Gasteiger partial charge in [0.1, 0.15) is 5.75 Å². The highest BCUT2D eigenvalue weighted by molar-refractivity contribution is 7.80. The van der Waals surface area contributed by atoms with Crippen molar-refractivity contribution >= 4 is 46.8 Å². The molecule has 136 valence electrons. The summed E-state index contributed by atoms with van der Waals surface area (Å²) in [6.07, 6.45) is 0.620. The van der Waals surface area contributed by atoms with Crippen LogP contribution in [0, 0.1) is 6.92 Å². The molecule has 2 aromatic carbocycles. The van der Waals surface area contributed by atoms with Gasteiger partial charge in [-0.05, 0) is 61.5 Å². The Bertz CT molecular complexity index is 842. The predicted octanol–water partition coefficient (Wildman–Crippen LogP) is 3.82. The van der Waals surface area contributed by atoms with E-state index in [0.29, 0.717) is 15.9 Å². The number of carboxylic acids is 1. The Morgan fingerprint density at radius 3 is 2.81 bits per heavy atom. The smallest absolute Gasteiger partial charge is 0.344 e. The molecule has 3 N–H and O–H groups in total. The van der Waals surface area contributed by atoms with Crippen LogP contribution >= 0.6 is 23.8 Å². The van der Waals surface area contributed by atoms with E-state index in [4.69, 9.17) is 33.7 Å². The van der Waals surface area contributed by atoms with Gasteiger partial charge in [0.25, 0.3) is 0 Å². The van der Waals surface area contributed by atoms with Crippen molar-refractivity contribution in [3.05, 3.63) is 58.6 Å². The standard InChI is InChI=1S/C18H18ClN3O3S/c1-11-15(19)7-4-8-16(11)21-18(26)22-20-10-13-5-3-6-14(9-13)25-12(2)17(23)24/h3-10,12H,1-2H3,(H,23,24)(H2,21,22,26)/b20-10+. The molecule has 26 heavy (non-hydrogen) atoms. The average molecular weight is 392 g/mol. The first-order chi connectivity index (χ1) is 12.4. The van der Waals surface area contributed by atoms with E-state index in [1.165, 1.54) is 6.92 Å². The van der Waals surface area contributed by atoms with E-state index in [2.05, 4.69) is 15.8 Å². The summed E-state index contributed by atoms with van der Waals surface area (Å²) in [5.41, 5.74) is 5.13. The minimum Gasteiger partial charge on any atom is -0.479 e. The second kappa shape index (κ2) is 9.17. The topological polar surface area (TPSA) is 83.0 Å². The predicted molar refractivity (Wildman–Crippen MR) is 107 cm³/mol. The van der Waals surface area contributed by atoms with Crippen LogP contribution in [0.1, 0.15) is 18.1 Å². The molecule has 0 aliphatic heterocycles. The molecular weight excluding hydrogens is 374 g/mol. The Labute approximate surface area is 161 Å². The number of carbonyl (C=O) groups is 1. The fraction of sp³-hybridized carbons (Fsp3) is 0.167. The number of aliphatic carboxylic acids is 1. The molecule has 0 spiro atoms. The number of hydrazone groups is 1. The number of benzene rings is 2. The number of hydrogen-bond acceptors (Lipinski definition) is 4. The van der Waals surface area contributed by atoms with Gasteiger partial charge in [0, 0.05) is 10.7 Å². The first-order valence-corrected chi connectivity index (χ1v) is 8.50. The maximum absolute atomic E-state index is 10.8. The summed E-state index contributed by atoms with van der Waals surface area (Å²) in [5.74, 6) is -0.586. The number of hydrogen-bond donors (Lipinski definition) is 3. The summed E-state index contributed by atoms with van der Waals surface area (Å²) in [5, 5.41) is 16.9. The van der Waals surface area contributed by atoms with Crippen molar-refractivity contribution in [3.8, 4) is 5.75 Å². The molecule has 0 saturated carbocycles. The normalized spacial score (nSPS) is 11.8. The van der Waals surface area contributed by atoms with Crippen molar-refractivity contribution < 1.29 is 14.6 Å². The third kappa shape index (κ3) is 5.72. The zero-order valence-electron chi connectivity index (χ0n) is 14.2. The summed E-state index contributed by atoms with van der Waals surface area (Å²) in [4.78, 5) is 10.8. The Morgan fingerprint density at radius 1 is 1.35 bits per heavy atom. The van der Waals surface area contributed by atoms with Gasteiger partial charge >= 0.3 is 5.97 Å². The highest BCUT2D eigenvalue weighted by atomic mass is 35.5. The molecule has 0 saturated heterocycles. The molecule has 0 aromatic heterocycles. The number of ether oxygens (including phenoxy) is 1. The van der Waals surface area contributed by atoms with Gasteiger partial charge in [-0.2, -0.15) is 5.10 Å². The third-order valence-corrected chi connectivity index (χ3v) is 4.02. The summed E-state index contributed by atoms with van der Waals surface area (Å²) in [6.45, 7) is 3.35. The second-order valence-corrected chi connectivity index (χ2v) is 6.22. The van der Waals surface area contributed by atoms with Gasteiger partial charge in [-0.25, -0.2) is 4.79 Å². The summed E-state index contributed by atoms with van der Waals surface area (Å²) in [6, 6.07) is 12.4. The van der Waals surface area contributed by atoms with Crippen LogP contribution in [0.5, 0.6) is 5.75 Å². The van der Waals surface area contributed by atoms with E-state index in [9.17, 15) is 4.79 Å². The van der Waals surface area contributed by atoms with E-state index in [1.807, 2.05) is 19.1 Å². The van der Waals surface area contributed by atoms with Gasteiger partial charge < -0.3 is 15.2 Å². The lowest BCUT2D eigenvalue weighted by molar-refractivity contribution is -0.144. The van der Waals surface area contributed by atoms with Gasteiger partial charge in [-0.15, -0.1) is 0 Å². The van der Waals surface area contributed by atoms with Crippen LogP contribution in [-0.2, 0) is 4.79 Å². The third-order valence-electron chi connectivity index (χ3n) is 3.41. The van der Waals surface area contributed by atoms with E-state index < -0.39 is 12.1 Å². The van der Waals surface area contributed by atoms with Crippen molar-refractivity contribution in [2.45, 2.75) is 20.0 Å². The van der Waals surface area contributed by atoms with Gasteiger partial charge in [-0.1, -0.05) is 29.8 Å². The molecule has 0 heterocycles. The molecule has 0 radical (unpaired) electrons. The molecule has 0 amide bonds. The Hall–Kier alpha value is -2.64. The van der Waals surface area contributed by atoms with Gasteiger partial charge in [0.2, 0.25) is 0 Å². The minimum absolute atomic E-state index is 0.318. The molecule has 6 nitrogen and oxygen atoms in total. The fourth-order valence-electron chi connectivity index (χ4n) is 1.98. The van der Waals surface area contributed by atoms with Gasteiger partial charge in [-0.3, -0.25) is 5.43 Å². The molecule has 0 fully saturated rings. The number of nitrogens with one attached hydrogen (secondary N) is 2. The summed E-state index contributed by atoms with van der Waals surface area (Å²) >= 11 is 11.3. The van der Waals surface area contributed by atoms with E-state index in [1.54, 1.807) is 36.5 Å². The maximum atomic E-state index is 10.8. The van der Waals surface area contributed by atoms with Crippen molar-refractivity contribution in [2.75, 3.05) is 5.32 Å². The van der Waals surface area contributed by atoms with Crippen molar-refractivity contribution in [1.82, 2.24) is 5.43 Å². The molecular formula is C18H18ClN3O3S. The minimum atomic E-state index is -1.03. The average Bonchev–Trinajstić information content (AvgIpc) is 2.59. The van der Waals surface area contributed by atoms with Gasteiger partial charge in [0.15, 0.2) is 11.2 Å². The lowest BCUT2D eigenvalue weighted by Gasteiger charge is -2.11. The molecule has 1 unspecified atom stereocenters. The van der Waals surface area contributed by atoms with Gasteiger partial charge in [0.05, 0.1) is 6.21 Å². The zero-order valence-corrected chi connectivity index (χ0v) is 15.8. The van der Waals surface area contributed by atoms with E-state index >= 15 is 0 Å². The van der Waals surface area contributed by atoms with Crippen LogP contribution in [0.3, 0.4) is 0 Å². The monoisotopic (exact) mass is 391 g/mol. The lowest BCUT2D eigenvalue weighted by atomic mass is 10.2. The molecule has 0 aliphatic carbocycles. The van der Waals surface area contributed by atoms with E-state index in [0.717, 1.165) is 16.8 Å². The summed E-state index contributed by atoms with van der Waals surface area (Å²) in [7, 11) is 0. The number of anilines is 1. The molecule has 0 bridgehead atoms. The Balaban J connectivity index is 1.94. The van der Waals surface area contributed by atoms with Crippen molar-refractivity contribution in [1.29, 1.82) is 0 Å². The van der Waals surface area contributed by atoms with Crippen LogP contribution < -0.4 is 15.5 Å². The van der Waals surface area contributed by atoms with Crippen LogP contribution in [0.4, 0.5) is 5.69 Å². The first kappa shape index (κ1) is 19.7. The van der Waals surface area contributed by atoms with Crippen LogP contribution in [0.15, 0.2) is 47.6 Å². The van der Waals surface area contributed by atoms with Crippen LogP contribution in [-0.4, -0.2) is 28.5 Å². The maximum Gasteiger partial charge on any atom is 0.344 e. The first-order valence-electron chi connectivity index (χ1n) is 7.71. The summed E-state index contributed by atoms with van der Waals surface area (Å²) < 4.78 is 5.31. The Morgan fingerprint density at radius 2 is 2.08 bits per heavy atom.